The molecule has 0 unspecified atom stereocenters. The number of hydrogen-bond acceptors (Lipinski definition) is 5. The first-order valence-electron chi connectivity index (χ1n) is 5.68. The Balaban J connectivity index is 2.52. The maximum Gasteiger partial charge on any atom is 0.289 e. The highest BCUT2D eigenvalue weighted by molar-refractivity contribution is 9.10. The first kappa shape index (κ1) is 15.4. The van der Waals surface area contributed by atoms with E-state index in [1.807, 2.05) is 0 Å². The maximum absolute atomic E-state index is 12.4. The zero-order chi connectivity index (χ0) is 15.6. The first-order chi connectivity index (χ1) is 9.81. The summed E-state index contributed by atoms with van der Waals surface area (Å²) in [6, 6.07) is 5.22. The normalized spacial score (nSPS) is 11.1. The molecule has 1 aromatic heterocycles. The predicted molar refractivity (Wildman–Crippen MR) is 80.6 cm³/mol. The molecule has 0 amide bonds. The zero-order valence-electron chi connectivity index (χ0n) is 10.8. The lowest BCUT2D eigenvalue weighted by Crippen LogP contribution is -2.15. The highest BCUT2D eigenvalue weighted by Crippen LogP contribution is 2.29. The molecule has 0 radical (unpaired) electrons. The molecule has 0 saturated carbocycles. The number of anilines is 1. The van der Waals surface area contributed by atoms with Crippen LogP contribution in [0.5, 0.6) is 0 Å². The van der Waals surface area contributed by atoms with Crippen LogP contribution in [0.4, 0.5) is 11.4 Å². The molecule has 110 valence electrons. The average Bonchev–Trinajstić information content (AvgIpc) is 2.41. The summed E-state index contributed by atoms with van der Waals surface area (Å²) in [6.45, 7) is 1.68. The molecule has 0 aliphatic heterocycles. The third kappa shape index (κ3) is 3.37. The number of nitro groups is 1. The van der Waals surface area contributed by atoms with Gasteiger partial charge in [0, 0.05) is 22.9 Å². The molecule has 0 atom stereocenters. The summed E-state index contributed by atoms with van der Waals surface area (Å²) in [5, 5.41) is 11.0. The fourth-order valence-electron chi connectivity index (χ4n) is 1.64. The van der Waals surface area contributed by atoms with E-state index >= 15 is 0 Å². The second-order valence-corrected chi connectivity index (χ2v) is 6.73. The number of nitro benzene ring substituents is 1. The average molecular weight is 372 g/mol. The maximum atomic E-state index is 12.4. The summed E-state index contributed by atoms with van der Waals surface area (Å²) in [5.74, 6) is 0. The monoisotopic (exact) mass is 371 g/mol. The molecule has 1 aromatic carbocycles. The molecule has 2 aromatic rings. The van der Waals surface area contributed by atoms with Gasteiger partial charge in [0.15, 0.2) is 4.90 Å². The van der Waals surface area contributed by atoms with Crippen molar-refractivity contribution >= 4 is 37.3 Å². The number of sulfonamides is 1. The minimum Gasteiger partial charge on any atom is -0.279 e. The standard InChI is InChI=1S/C12H10BrN3O4S/c1-8-7-14-5-4-10(8)15-21(19,20)12-6-9(13)2-3-11(12)16(17)18/h2-7H,1H3,(H,14,15). The van der Waals surface area contributed by atoms with E-state index in [9.17, 15) is 18.5 Å². The van der Waals surface area contributed by atoms with Crippen molar-refractivity contribution in [1.82, 2.24) is 4.98 Å². The van der Waals surface area contributed by atoms with Crippen molar-refractivity contribution in [2.24, 2.45) is 0 Å². The Hall–Kier alpha value is -2.00. The molecule has 0 aliphatic rings. The van der Waals surface area contributed by atoms with E-state index in [1.54, 1.807) is 6.92 Å². The van der Waals surface area contributed by atoms with Crippen molar-refractivity contribution in [3.05, 3.63) is 56.8 Å². The van der Waals surface area contributed by atoms with Crippen LogP contribution < -0.4 is 4.72 Å². The van der Waals surface area contributed by atoms with Crippen LogP contribution in [0, 0.1) is 17.0 Å². The van der Waals surface area contributed by atoms with Gasteiger partial charge in [-0.2, -0.15) is 0 Å². The van der Waals surface area contributed by atoms with Gasteiger partial charge in [0.2, 0.25) is 0 Å². The lowest BCUT2D eigenvalue weighted by molar-refractivity contribution is -0.387. The van der Waals surface area contributed by atoms with Crippen LogP contribution in [0.3, 0.4) is 0 Å². The van der Waals surface area contributed by atoms with Gasteiger partial charge in [-0.05, 0) is 30.7 Å². The van der Waals surface area contributed by atoms with Gasteiger partial charge in [0.25, 0.3) is 15.7 Å². The number of pyridine rings is 1. The van der Waals surface area contributed by atoms with Crippen LogP contribution in [0.1, 0.15) is 5.56 Å². The third-order valence-electron chi connectivity index (χ3n) is 2.67. The highest BCUT2D eigenvalue weighted by Gasteiger charge is 2.26. The summed E-state index contributed by atoms with van der Waals surface area (Å²) < 4.78 is 27.5. The second-order valence-electron chi connectivity index (χ2n) is 4.17. The Bertz CT molecular complexity index is 808. The quantitative estimate of drug-likeness (QED) is 0.657. The molecule has 1 N–H and O–H groups in total. The Morgan fingerprint density at radius 2 is 2.05 bits per heavy atom. The minimum atomic E-state index is -4.08. The predicted octanol–water partition coefficient (Wildman–Crippen LogP) is 2.86. The first-order valence-corrected chi connectivity index (χ1v) is 7.96. The number of rotatable bonds is 4. The molecule has 2 rings (SSSR count). The zero-order valence-corrected chi connectivity index (χ0v) is 13.2. The smallest absolute Gasteiger partial charge is 0.279 e. The molecular weight excluding hydrogens is 362 g/mol. The van der Waals surface area contributed by atoms with Crippen molar-refractivity contribution < 1.29 is 13.3 Å². The van der Waals surface area contributed by atoms with Crippen LogP contribution in [0.2, 0.25) is 0 Å². The van der Waals surface area contributed by atoms with Crippen molar-refractivity contribution in [2.75, 3.05) is 4.72 Å². The van der Waals surface area contributed by atoms with Gasteiger partial charge in [-0.1, -0.05) is 15.9 Å². The fourth-order valence-corrected chi connectivity index (χ4v) is 3.48. The van der Waals surface area contributed by atoms with Gasteiger partial charge >= 0.3 is 0 Å². The van der Waals surface area contributed by atoms with Gasteiger partial charge < -0.3 is 0 Å². The van der Waals surface area contributed by atoms with Gasteiger partial charge in [0.1, 0.15) is 0 Å². The Kier molecular flexibility index (Phi) is 4.24. The van der Waals surface area contributed by atoms with E-state index in [4.69, 9.17) is 0 Å². The number of halogens is 1. The van der Waals surface area contributed by atoms with Crippen LogP contribution in [0.25, 0.3) is 0 Å². The summed E-state index contributed by atoms with van der Waals surface area (Å²) in [5.41, 5.74) is 0.440. The molecule has 0 aliphatic carbocycles. The SMILES string of the molecule is Cc1cnccc1NS(=O)(=O)c1cc(Br)ccc1[N+](=O)[O-]. The van der Waals surface area contributed by atoms with Gasteiger partial charge in [-0.3, -0.25) is 19.8 Å². The molecule has 21 heavy (non-hydrogen) atoms. The topological polar surface area (TPSA) is 102 Å². The van der Waals surface area contributed by atoms with Gasteiger partial charge in [0.05, 0.1) is 10.6 Å². The lowest BCUT2D eigenvalue weighted by atomic mass is 10.3. The molecule has 7 nitrogen and oxygen atoms in total. The molecule has 0 bridgehead atoms. The third-order valence-corrected chi connectivity index (χ3v) is 4.56. The Morgan fingerprint density at radius 1 is 1.33 bits per heavy atom. The van der Waals surface area contributed by atoms with E-state index in [0.29, 0.717) is 15.7 Å². The summed E-state index contributed by atoms with van der Waals surface area (Å²) >= 11 is 3.11. The van der Waals surface area contributed by atoms with E-state index in [2.05, 4.69) is 25.6 Å². The lowest BCUT2D eigenvalue weighted by Gasteiger charge is -2.10. The van der Waals surface area contributed by atoms with E-state index < -0.39 is 25.5 Å². The number of hydrogen-bond donors (Lipinski definition) is 1. The van der Waals surface area contributed by atoms with Crippen LogP contribution >= 0.6 is 15.9 Å². The number of aromatic nitrogens is 1. The Labute approximate surface area is 129 Å². The van der Waals surface area contributed by atoms with Crippen molar-refractivity contribution in [3.8, 4) is 0 Å². The number of benzene rings is 1. The van der Waals surface area contributed by atoms with Crippen molar-refractivity contribution in [3.63, 3.8) is 0 Å². The highest BCUT2D eigenvalue weighted by atomic mass is 79.9. The van der Waals surface area contributed by atoms with Crippen molar-refractivity contribution in [1.29, 1.82) is 0 Å². The molecule has 9 heteroatoms. The molecule has 1 heterocycles. The summed E-state index contributed by atoms with van der Waals surface area (Å²) in [4.78, 5) is 13.7. The van der Waals surface area contributed by atoms with E-state index in [1.165, 1.54) is 30.6 Å². The van der Waals surface area contributed by atoms with E-state index in [-0.39, 0.29) is 0 Å². The fraction of sp³-hybridized carbons (Fsp3) is 0.0833. The van der Waals surface area contributed by atoms with Crippen LogP contribution in [-0.4, -0.2) is 18.3 Å². The number of nitrogens with zero attached hydrogens (tertiary/aromatic N) is 2. The number of aryl methyl sites for hydroxylation is 1. The molecule has 0 fully saturated rings. The van der Waals surface area contributed by atoms with Gasteiger partial charge in [-0.25, -0.2) is 8.42 Å². The second kappa shape index (κ2) is 5.78. The number of nitrogens with one attached hydrogen (secondary N) is 1. The summed E-state index contributed by atoms with van der Waals surface area (Å²) in [7, 11) is -4.08. The van der Waals surface area contributed by atoms with Crippen LogP contribution in [-0.2, 0) is 10.0 Å². The molecule has 0 saturated heterocycles. The Morgan fingerprint density at radius 3 is 2.67 bits per heavy atom. The molecular formula is C12H10BrN3O4S. The largest absolute Gasteiger partial charge is 0.289 e. The van der Waals surface area contributed by atoms with Crippen molar-refractivity contribution in [2.45, 2.75) is 11.8 Å². The van der Waals surface area contributed by atoms with E-state index in [0.717, 1.165) is 6.07 Å². The van der Waals surface area contributed by atoms with Crippen LogP contribution in [0.15, 0.2) is 46.0 Å². The summed E-state index contributed by atoms with van der Waals surface area (Å²) in [6.07, 6.45) is 2.92. The van der Waals surface area contributed by atoms with Gasteiger partial charge in [-0.15, -0.1) is 0 Å². The molecule has 0 spiro atoms. The minimum absolute atomic E-state index is 0.319.